The maximum absolute atomic E-state index is 12.2. The van der Waals surface area contributed by atoms with Gasteiger partial charge in [-0.05, 0) is 29.9 Å². The lowest BCUT2D eigenvalue weighted by Gasteiger charge is -2.22. The van der Waals surface area contributed by atoms with Gasteiger partial charge >= 0.3 is 0 Å². The van der Waals surface area contributed by atoms with Crippen molar-refractivity contribution >= 4 is 29.4 Å². The van der Waals surface area contributed by atoms with Crippen molar-refractivity contribution in [1.29, 1.82) is 10.5 Å². The van der Waals surface area contributed by atoms with E-state index in [2.05, 4.69) is 17.1 Å². The third-order valence-electron chi connectivity index (χ3n) is 4.74. The van der Waals surface area contributed by atoms with Crippen LogP contribution in [0.4, 0.5) is 5.82 Å². The summed E-state index contributed by atoms with van der Waals surface area (Å²) in [7, 11) is 1.61. The molecule has 0 spiro atoms. The van der Waals surface area contributed by atoms with Gasteiger partial charge in [-0.1, -0.05) is 42.1 Å². The Morgan fingerprint density at radius 3 is 2.33 bits per heavy atom. The third kappa shape index (κ3) is 4.37. The fourth-order valence-electron chi connectivity index (χ4n) is 3.27. The van der Waals surface area contributed by atoms with E-state index in [-0.39, 0.29) is 29.4 Å². The maximum atomic E-state index is 12.2. The molecule has 1 aromatic heterocycles. The lowest BCUT2D eigenvalue weighted by molar-refractivity contribution is -0.118. The molecular formula is C21H20N6O2S. The van der Waals surface area contributed by atoms with Gasteiger partial charge in [0.2, 0.25) is 11.8 Å². The van der Waals surface area contributed by atoms with E-state index in [0.29, 0.717) is 16.2 Å². The monoisotopic (exact) mass is 420 g/mol. The van der Waals surface area contributed by atoms with Gasteiger partial charge in [0.25, 0.3) is 0 Å². The zero-order chi connectivity index (χ0) is 21.8. The summed E-state index contributed by atoms with van der Waals surface area (Å²) >= 11 is 1.07. The highest BCUT2D eigenvalue weighted by molar-refractivity contribution is 8.00. The molecule has 0 aliphatic heterocycles. The minimum Gasteiger partial charge on any atom is -0.368 e. The summed E-state index contributed by atoms with van der Waals surface area (Å²) in [4.78, 5) is 29.6. The first-order valence-corrected chi connectivity index (χ1v) is 10.1. The number of carbonyl (C=O) groups excluding carboxylic acids is 2. The van der Waals surface area contributed by atoms with Gasteiger partial charge in [0.15, 0.2) is 0 Å². The number of rotatable bonds is 8. The first-order chi connectivity index (χ1) is 14.4. The SMILES string of the molecule is CN(CC(N)=O)c1nc(SC(C(N)=O)c2ccccc2)c(C#N)c(C2CC2)c1C#N. The molecule has 152 valence electrons. The van der Waals surface area contributed by atoms with Crippen LogP contribution in [0.5, 0.6) is 0 Å². The number of aromatic nitrogens is 1. The molecule has 1 fully saturated rings. The van der Waals surface area contributed by atoms with Gasteiger partial charge in [-0.25, -0.2) is 4.98 Å². The quantitative estimate of drug-likeness (QED) is 0.619. The molecule has 1 aliphatic rings. The van der Waals surface area contributed by atoms with E-state index in [4.69, 9.17) is 11.5 Å². The van der Waals surface area contributed by atoms with Crippen molar-refractivity contribution in [1.82, 2.24) is 4.98 Å². The molecule has 1 unspecified atom stereocenters. The van der Waals surface area contributed by atoms with Crippen LogP contribution < -0.4 is 16.4 Å². The van der Waals surface area contributed by atoms with Crippen molar-refractivity contribution in [3.8, 4) is 12.1 Å². The second-order valence-corrected chi connectivity index (χ2v) is 8.13. The Labute approximate surface area is 178 Å². The van der Waals surface area contributed by atoms with Crippen LogP contribution in [-0.4, -0.2) is 30.4 Å². The standard InChI is InChI=1S/C21H20N6O2S/c1-27(11-16(24)28)20-14(9-22)17(12-7-8-12)15(10-23)21(26-20)30-18(19(25)29)13-5-3-2-4-6-13/h2-6,12,18H,7-8,11H2,1H3,(H2,24,28)(H2,25,29). The van der Waals surface area contributed by atoms with E-state index in [1.54, 1.807) is 31.3 Å². The fourth-order valence-corrected chi connectivity index (χ4v) is 4.31. The van der Waals surface area contributed by atoms with Gasteiger partial charge in [0, 0.05) is 7.05 Å². The van der Waals surface area contributed by atoms with Gasteiger partial charge in [-0.2, -0.15) is 10.5 Å². The Bertz CT molecular complexity index is 1070. The number of hydrogen-bond donors (Lipinski definition) is 2. The van der Waals surface area contributed by atoms with Crippen LogP contribution >= 0.6 is 11.8 Å². The molecule has 1 atom stereocenters. The van der Waals surface area contributed by atoms with Crippen LogP contribution in [0.25, 0.3) is 0 Å². The van der Waals surface area contributed by atoms with Gasteiger partial charge < -0.3 is 16.4 Å². The molecule has 2 aromatic rings. The van der Waals surface area contributed by atoms with Gasteiger partial charge in [-0.3, -0.25) is 9.59 Å². The number of likely N-dealkylation sites (N-methyl/N-ethyl adjacent to an activating group) is 1. The Hall–Kier alpha value is -3.56. The smallest absolute Gasteiger partial charge is 0.236 e. The number of nitrogens with two attached hydrogens (primary N) is 2. The van der Waals surface area contributed by atoms with Crippen molar-refractivity contribution in [2.75, 3.05) is 18.5 Å². The number of thioether (sulfide) groups is 1. The predicted molar refractivity (Wildman–Crippen MR) is 112 cm³/mol. The molecule has 3 rings (SSSR count). The molecule has 8 nitrogen and oxygen atoms in total. The number of carbonyl (C=O) groups is 2. The average Bonchev–Trinajstić information content (AvgIpc) is 3.55. The zero-order valence-electron chi connectivity index (χ0n) is 16.3. The zero-order valence-corrected chi connectivity index (χ0v) is 17.1. The topological polar surface area (TPSA) is 150 Å². The summed E-state index contributed by atoms with van der Waals surface area (Å²) in [5, 5.41) is 19.2. The van der Waals surface area contributed by atoms with E-state index in [1.807, 2.05) is 6.07 Å². The number of pyridine rings is 1. The number of amides is 2. The van der Waals surface area contributed by atoms with E-state index in [0.717, 1.165) is 24.6 Å². The van der Waals surface area contributed by atoms with Crippen LogP contribution in [0, 0.1) is 22.7 Å². The van der Waals surface area contributed by atoms with Crippen molar-refractivity contribution in [3.63, 3.8) is 0 Å². The number of nitriles is 2. The highest BCUT2D eigenvalue weighted by atomic mass is 32.2. The highest BCUT2D eigenvalue weighted by Crippen LogP contribution is 2.48. The molecule has 0 radical (unpaired) electrons. The summed E-state index contributed by atoms with van der Waals surface area (Å²) in [5.74, 6) is -0.813. The van der Waals surface area contributed by atoms with Crippen molar-refractivity contribution in [2.45, 2.75) is 29.0 Å². The normalized spacial score (nSPS) is 13.7. The minimum atomic E-state index is -0.764. The first-order valence-electron chi connectivity index (χ1n) is 9.25. The Morgan fingerprint density at radius 2 is 1.83 bits per heavy atom. The fraction of sp³-hybridized carbons (Fsp3) is 0.286. The van der Waals surface area contributed by atoms with E-state index < -0.39 is 17.1 Å². The third-order valence-corrected chi connectivity index (χ3v) is 6.00. The number of benzene rings is 1. The van der Waals surface area contributed by atoms with Crippen LogP contribution in [0.1, 0.15) is 46.3 Å². The lowest BCUT2D eigenvalue weighted by atomic mass is 10.00. The highest BCUT2D eigenvalue weighted by Gasteiger charge is 2.35. The van der Waals surface area contributed by atoms with Crippen LogP contribution in [0.2, 0.25) is 0 Å². The molecule has 0 bridgehead atoms. The largest absolute Gasteiger partial charge is 0.368 e. The molecule has 4 N–H and O–H groups in total. The minimum absolute atomic E-state index is 0.0705. The summed E-state index contributed by atoms with van der Waals surface area (Å²) in [5.41, 5.74) is 12.8. The summed E-state index contributed by atoms with van der Waals surface area (Å²) in [6.45, 7) is -0.139. The second kappa shape index (κ2) is 8.85. The molecule has 1 aliphatic carbocycles. The summed E-state index contributed by atoms with van der Waals surface area (Å²) in [6, 6.07) is 13.3. The number of hydrogen-bond acceptors (Lipinski definition) is 7. The van der Waals surface area contributed by atoms with E-state index >= 15 is 0 Å². The molecule has 30 heavy (non-hydrogen) atoms. The number of nitrogens with zero attached hydrogens (tertiary/aromatic N) is 4. The molecule has 2 amide bonds. The van der Waals surface area contributed by atoms with Crippen molar-refractivity contribution in [2.24, 2.45) is 11.5 Å². The molecule has 0 saturated heterocycles. The van der Waals surface area contributed by atoms with Crippen LogP contribution in [0.15, 0.2) is 35.4 Å². The molecular weight excluding hydrogens is 400 g/mol. The Balaban J connectivity index is 2.17. The van der Waals surface area contributed by atoms with Crippen molar-refractivity contribution in [3.05, 3.63) is 52.6 Å². The molecule has 9 heteroatoms. The van der Waals surface area contributed by atoms with Crippen LogP contribution in [0.3, 0.4) is 0 Å². The van der Waals surface area contributed by atoms with Gasteiger partial charge in [0.05, 0.1) is 17.7 Å². The second-order valence-electron chi connectivity index (χ2n) is 7.04. The van der Waals surface area contributed by atoms with E-state index in [9.17, 15) is 20.1 Å². The Morgan fingerprint density at radius 1 is 1.20 bits per heavy atom. The summed E-state index contributed by atoms with van der Waals surface area (Å²) < 4.78 is 0. The van der Waals surface area contributed by atoms with Crippen molar-refractivity contribution < 1.29 is 9.59 Å². The number of anilines is 1. The Kier molecular flexibility index (Phi) is 6.24. The molecule has 1 aromatic carbocycles. The molecule has 1 saturated carbocycles. The number of primary amides is 2. The van der Waals surface area contributed by atoms with E-state index in [1.165, 1.54) is 4.90 Å². The first kappa shape index (κ1) is 21.2. The average molecular weight is 420 g/mol. The summed E-state index contributed by atoms with van der Waals surface area (Å²) in [6.07, 6.45) is 1.71. The molecule has 1 heterocycles. The van der Waals surface area contributed by atoms with Crippen LogP contribution in [-0.2, 0) is 9.59 Å². The predicted octanol–water partition coefficient (Wildman–Crippen LogP) is 1.94. The van der Waals surface area contributed by atoms with Gasteiger partial charge in [-0.15, -0.1) is 0 Å². The maximum Gasteiger partial charge on any atom is 0.236 e. The lowest BCUT2D eigenvalue weighted by Crippen LogP contribution is -2.32. The van der Waals surface area contributed by atoms with Gasteiger partial charge in [0.1, 0.15) is 28.2 Å².